The molecule has 20 heavy (non-hydrogen) atoms. The number of nitrogens with one attached hydrogen (secondary N) is 2. The summed E-state index contributed by atoms with van der Waals surface area (Å²) in [7, 11) is 1.69. The van der Waals surface area contributed by atoms with Crippen LogP contribution in [0.4, 0.5) is 17.2 Å². The van der Waals surface area contributed by atoms with E-state index in [0.717, 1.165) is 0 Å². The lowest BCUT2D eigenvalue weighted by molar-refractivity contribution is -0.384. The van der Waals surface area contributed by atoms with E-state index in [1.807, 2.05) is 0 Å². The highest BCUT2D eigenvalue weighted by Gasteiger charge is 2.24. The van der Waals surface area contributed by atoms with Crippen LogP contribution < -0.4 is 16.6 Å². The van der Waals surface area contributed by atoms with Crippen LogP contribution >= 0.6 is 0 Å². The number of para-hydroxylation sites is 1. The molecule has 0 bridgehead atoms. The number of benzene rings is 1. The van der Waals surface area contributed by atoms with Crippen LogP contribution in [-0.2, 0) is 7.05 Å². The highest BCUT2D eigenvalue weighted by molar-refractivity contribution is 6.08. The first-order valence-corrected chi connectivity index (χ1v) is 5.58. The van der Waals surface area contributed by atoms with Crippen molar-refractivity contribution >= 4 is 23.1 Å². The van der Waals surface area contributed by atoms with Crippen molar-refractivity contribution < 1.29 is 9.72 Å². The van der Waals surface area contributed by atoms with E-state index < -0.39 is 10.8 Å². The van der Waals surface area contributed by atoms with E-state index >= 15 is 0 Å². The Morgan fingerprint density at radius 1 is 1.45 bits per heavy atom. The number of nitro groups is 1. The quantitative estimate of drug-likeness (QED) is 0.431. The number of hydrogen-bond acceptors (Lipinski definition) is 6. The number of nitro benzene ring substituents is 1. The van der Waals surface area contributed by atoms with Gasteiger partial charge >= 0.3 is 5.69 Å². The predicted molar refractivity (Wildman–Crippen MR) is 72.1 cm³/mol. The highest BCUT2D eigenvalue weighted by Crippen LogP contribution is 2.28. The molecule has 0 radical (unpaired) electrons. The van der Waals surface area contributed by atoms with E-state index in [1.54, 1.807) is 19.3 Å². The van der Waals surface area contributed by atoms with Crippen molar-refractivity contribution in [2.45, 2.75) is 0 Å². The summed E-state index contributed by atoms with van der Waals surface area (Å²) in [5, 5.41) is 17.5. The molecule has 0 unspecified atom stereocenters. The molecule has 9 heteroatoms. The van der Waals surface area contributed by atoms with Crippen molar-refractivity contribution in [2.75, 3.05) is 10.7 Å². The van der Waals surface area contributed by atoms with E-state index in [-0.39, 0.29) is 16.9 Å². The van der Waals surface area contributed by atoms with E-state index in [1.165, 1.54) is 22.9 Å². The summed E-state index contributed by atoms with van der Waals surface area (Å²) in [6, 6.07) is 5.83. The van der Waals surface area contributed by atoms with Crippen LogP contribution in [0.1, 0.15) is 10.4 Å². The Kier molecular flexibility index (Phi) is 3.62. The molecule has 9 nitrogen and oxygen atoms in total. The second kappa shape index (κ2) is 5.36. The van der Waals surface area contributed by atoms with Gasteiger partial charge in [-0.25, -0.2) is 0 Å². The van der Waals surface area contributed by atoms with E-state index in [2.05, 4.69) is 15.8 Å². The Bertz CT molecular complexity index is 666. The number of hydrogen-bond donors (Lipinski definition) is 3. The number of nitrogen functional groups attached to an aromatic ring is 1. The molecule has 4 N–H and O–H groups in total. The van der Waals surface area contributed by atoms with Gasteiger partial charge in [-0.15, -0.1) is 0 Å². The molecule has 1 heterocycles. The number of nitrogens with two attached hydrogens (primary N) is 1. The maximum absolute atomic E-state index is 12.1. The fourth-order valence-electron chi connectivity index (χ4n) is 1.71. The number of aryl methyl sites for hydroxylation is 1. The molecule has 0 aliphatic carbocycles. The third-order valence-corrected chi connectivity index (χ3v) is 2.57. The number of nitrogens with zero attached hydrogens (tertiary/aromatic N) is 3. The van der Waals surface area contributed by atoms with E-state index in [9.17, 15) is 14.9 Å². The third-order valence-electron chi connectivity index (χ3n) is 2.57. The number of carbonyl (C=O) groups excluding carboxylic acids is 1. The average molecular weight is 276 g/mol. The van der Waals surface area contributed by atoms with Crippen molar-refractivity contribution in [3.8, 4) is 0 Å². The van der Waals surface area contributed by atoms with Gasteiger partial charge in [-0.1, -0.05) is 6.07 Å². The number of aromatic nitrogens is 2. The first-order valence-electron chi connectivity index (χ1n) is 5.58. The largest absolute Gasteiger partial charge is 0.318 e. The molecule has 0 aliphatic rings. The van der Waals surface area contributed by atoms with Crippen LogP contribution in [0.2, 0.25) is 0 Å². The number of rotatable bonds is 4. The zero-order valence-corrected chi connectivity index (χ0v) is 10.5. The molecule has 0 aliphatic heterocycles. The summed E-state index contributed by atoms with van der Waals surface area (Å²) in [5.74, 6) is 4.88. The van der Waals surface area contributed by atoms with Gasteiger partial charge < -0.3 is 10.7 Å². The monoisotopic (exact) mass is 276 g/mol. The fourth-order valence-corrected chi connectivity index (χ4v) is 1.71. The number of carbonyl (C=O) groups is 1. The molecule has 1 aromatic carbocycles. The SMILES string of the molecule is Cn1ccc(NC(=O)c2cccc(NN)c2[N+](=O)[O-])n1. The van der Waals surface area contributed by atoms with E-state index in [0.29, 0.717) is 5.82 Å². The molecule has 104 valence electrons. The van der Waals surface area contributed by atoms with Crippen molar-refractivity contribution in [3.05, 3.63) is 46.1 Å². The molecule has 0 saturated heterocycles. The molecular formula is C11H12N6O3. The first-order chi connectivity index (χ1) is 9.52. The lowest BCUT2D eigenvalue weighted by atomic mass is 10.1. The standard InChI is InChI=1S/C11H12N6O3/c1-16-6-5-9(15-16)13-11(18)7-3-2-4-8(14-12)10(7)17(19)20/h2-6,14H,12H2,1H3,(H,13,15,18). The Morgan fingerprint density at radius 3 is 2.75 bits per heavy atom. The molecule has 0 fully saturated rings. The highest BCUT2D eigenvalue weighted by atomic mass is 16.6. The second-order valence-electron chi connectivity index (χ2n) is 3.93. The molecule has 2 aromatic rings. The summed E-state index contributed by atoms with van der Waals surface area (Å²) < 4.78 is 1.50. The Morgan fingerprint density at radius 2 is 2.20 bits per heavy atom. The number of anilines is 2. The lowest BCUT2D eigenvalue weighted by Gasteiger charge is -2.06. The van der Waals surface area contributed by atoms with Crippen LogP contribution in [0.3, 0.4) is 0 Å². The summed E-state index contributed by atoms with van der Waals surface area (Å²) in [6.07, 6.45) is 1.64. The van der Waals surface area contributed by atoms with Gasteiger partial charge in [-0.05, 0) is 12.1 Å². The van der Waals surface area contributed by atoms with Crippen LogP contribution in [0.15, 0.2) is 30.5 Å². The zero-order chi connectivity index (χ0) is 14.7. The smallest absolute Gasteiger partial charge is 0.306 e. The summed E-state index contributed by atoms with van der Waals surface area (Å²) in [6.45, 7) is 0. The molecule has 1 amide bonds. The second-order valence-corrected chi connectivity index (χ2v) is 3.93. The Labute approximate surface area is 113 Å². The minimum Gasteiger partial charge on any atom is -0.318 e. The number of hydrazine groups is 1. The fraction of sp³-hybridized carbons (Fsp3) is 0.0909. The third kappa shape index (κ3) is 2.57. The van der Waals surface area contributed by atoms with Crippen molar-refractivity contribution in [1.29, 1.82) is 0 Å². The minimum absolute atomic E-state index is 0.0590. The van der Waals surface area contributed by atoms with Gasteiger partial charge in [-0.2, -0.15) is 5.10 Å². The zero-order valence-electron chi connectivity index (χ0n) is 10.5. The van der Waals surface area contributed by atoms with Crippen molar-refractivity contribution in [2.24, 2.45) is 12.9 Å². The van der Waals surface area contributed by atoms with Gasteiger partial charge in [0.1, 0.15) is 11.3 Å². The van der Waals surface area contributed by atoms with Gasteiger partial charge in [0.15, 0.2) is 5.82 Å². The van der Waals surface area contributed by atoms with Crippen molar-refractivity contribution in [1.82, 2.24) is 9.78 Å². The predicted octanol–water partition coefficient (Wildman–Crippen LogP) is 0.866. The number of amides is 1. The Balaban J connectivity index is 2.36. The van der Waals surface area contributed by atoms with Gasteiger partial charge in [0.25, 0.3) is 5.91 Å². The molecule has 0 spiro atoms. The van der Waals surface area contributed by atoms with Gasteiger partial charge in [-0.3, -0.25) is 25.4 Å². The van der Waals surface area contributed by atoms with Gasteiger partial charge in [0.2, 0.25) is 0 Å². The normalized spacial score (nSPS) is 10.1. The van der Waals surface area contributed by atoms with E-state index in [4.69, 9.17) is 5.84 Å². The van der Waals surface area contributed by atoms with Gasteiger partial charge in [0.05, 0.1) is 4.92 Å². The maximum atomic E-state index is 12.1. The maximum Gasteiger partial charge on any atom is 0.306 e. The summed E-state index contributed by atoms with van der Waals surface area (Å²) in [4.78, 5) is 22.5. The summed E-state index contributed by atoms with van der Waals surface area (Å²) in [5.41, 5.74) is 1.77. The molecule has 1 aromatic heterocycles. The van der Waals surface area contributed by atoms with Crippen LogP contribution in [0, 0.1) is 10.1 Å². The average Bonchev–Trinajstić information content (AvgIpc) is 2.82. The summed E-state index contributed by atoms with van der Waals surface area (Å²) >= 11 is 0. The van der Waals surface area contributed by atoms with Crippen LogP contribution in [0.5, 0.6) is 0 Å². The van der Waals surface area contributed by atoms with Crippen molar-refractivity contribution in [3.63, 3.8) is 0 Å². The molecule has 2 rings (SSSR count). The lowest BCUT2D eigenvalue weighted by Crippen LogP contribution is -2.17. The topological polar surface area (TPSA) is 128 Å². The Hall–Kier alpha value is -2.94. The van der Waals surface area contributed by atoms with Crippen LogP contribution in [0.25, 0.3) is 0 Å². The molecule has 0 saturated carbocycles. The van der Waals surface area contributed by atoms with Gasteiger partial charge in [0, 0.05) is 19.3 Å². The molecule has 0 atom stereocenters. The minimum atomic E-state index is -0.664. The first kappa shape index (κ1) is 13.5. The molecular weight excluding hydrogens is 264 g/mol. The van der Waals surface area contributed by atoms with Crippen LogP contribution in [-0.4, -0.2) is 20.6 Å².